The Morgan fingerprint density at radius 1 is 0.964 bits per heavy atom. The predicted octanol–water partition coefficient (Wildman–Crippen LogP) is 3.17. The van der Waals surface area contributed by atoms with Gasteiger partial charge < -0.3 is 5.32 Å². The molecule has 0 aromatic heterocycles. The van der Waals surface area contributed by atoms with E-state index in [1.165, 1.54) is 18.2 Å². The van der Waals surface area contributed by atoms with E-state index >= 15 is 0 Å². The van der Waals surface area contributed by atoms with Crippen molar-refractivity contribution in [1.29, 1.82) is 0 Å². The standard InChI is InChI=1S/C18H15F3N2O4S/c19-18(20,21)15-4-2-1-3-14(15)17(25)23-28(26,27)13-9-7-12(8-10-13)22-16(24)11-5-6-11/h1-4,7-11H,5-6H2,(H,22,24)(H,23,25). The van der Waals surface area contributed by atoms with Crippen LogP contribution in [0.4, 0.5) is 18.9 Å². The second-order valence-electron chi connectivity index (χ2n) is 6.27. The van der Waals surface area contributed by atoms with Crippen LogP contribution in [0, 0.1) is 5.92 Å². The van der Waals surface area contributed by atoms with Gasteiger partial charge in [0.15, 0.2) is 0 Å². The highest BCUT2D eigenvalue weighted by Crippen LogP contribution is 2.32. The van der Waals surface area contributed by atoms with Crippen molar-refractivity contribution in [3.63, 3.8) is 0 Å². The summed E-state index contributed by atoms with van der Waals surface area (Å²) in [7, 11) is -4.40. The highest BCUT2D eigenvalue weighted by atomic mass is 32.2. The second kappa shape index (κ2) is 7.27. The van der Waals surface area contributed by atoms with Gasteiger partial charge in [0.05, 0.1) is 16.0 Å². The van der Waals surface area contributed by atoms with Gasteiger partial charge in [0.1, 0.15) is 0 Å². The van der Waals surface area contributed by atoms with Crippen molar-refractivity contribution in [1.82, 2.24) is 4.72 Å². The van der Waals surface area contributed by atoms with Crippen LogP contribution in [-0.4, -0.2) is 20.2 Å². The maximum absolute atomic E-state index is 13.0. The molecule has 1 aliphatic carbocycles. The number of benzene rings is 2. The zero-order valence-electron chi connectivity index (χ0n) is 14.3. The van der Waals surface area contributed by atoms with Gasteiger partial charge in [-0.25, -0.2) is 13.1 Å². The number of alkyl halides is 3. The summed E-state index contributed by atoms with van der Waals surface area (Å²) in [6, 6.07) is 8.85. The molecular weight excluding hydrogens is 397 g/mol. The quantitative estimate of drug-likeness (QED) is 0.789. The molecule has 1 fully saturated rings. The first kappa shape index (κ1) is 19.9. The fraction of sp³-hybridized carbons (Fsp3) is 0.222. The van der Waals surface area contributed by atoms with Crippen LogP contribution in [0.1, 0.15) is 28.8 Å². The van der Waals surface area contributed by atoms with Crippen LogP contribution in [0.3, 0.4) is 0 Å². The molecule has 0 saturated heterocycles. The smallest absolute Gasteiger partial charge is 0.326 e. The molecule has 0 atom stereocenters. The average Bonchev–Trinajstić information content (AvgIpc) is 3.46. The van der Waals surface area contributed by atoms with Crippen LogP contribution in [-0.2, 0) is 21.0 Å². The lowest BCUT2D eigenvalue weighted by Crippen LogP contribution is -2.32. The van der Waals surface area contributed by atoms with Gasteiger partial charge in [-0.2, -0.15) is 13.2 Å². The molecule has 148 valence electrons. The largest absolute Gasteiger partial charge is 0.417 e. The van der Waals surface area contributed by atoms with Crippen molar-refractivity contribution in [2.75, 3.05) is 5.32 Å². The Bertz CT molecular complexity index is 1010. The number of sulfonamides is 1. The number of nitrogens with one attached hydrogen (secondary N) is 2. The van der Waals surface area contributed by atoms with E-state index in [2.05, 4.69) is 5.32 Å². The third-order valence-electron chi connectivity index (χ3n) is 4.08. The first-order valence-corrected chi connectivity index (χ1v) is 9.70. The summed E-state index contributed by atoms with van der Waals surface area (Å²) in [5, 5.41) is 2.63. The molecule has 2 aromatic rings. The van der Waals surface area contributed by atoms with E-state index in [4.69, 9.17) is 0 Å². The van der Waals surface area contributed by atoms with Crippen LogP contribution >= 0.6 is 0 Å². The van der Waals surface area contributed by atoms with Crippen LogP contribution in [0.2, 0.25) is 0 Å². The molecule has 3 rings (SSSR count). The number of amides is 2. The zero-order chi connectivity index (χ0) is 20.5. The van der Waals surface area contributed by atoms with Gasteiger partial charge >= 0.3 is 6.18 Å². The maximum atomic E-state index is 13.0. The van der Waals surface area contributed by atoms with Gasteiger partial charge in [-0.05, 0) is 49.2 Å². The lowest BCUT2D eigenvalue weighted by Gasteiger charge is -2.13. The molecular formula is C18H15F3N2O4S. The van der Waals surface area contributed by atoms with Gasteiger partial charge in [-0.15, -0.1) is 0 Å². The monoisotopic (exact) mass is 412 g/mol. The SMILES string of the molecule is O=C(NS(=O)(=O)c1ccc(NC(=O)C2CC2)cc1)c1ccccc1C(F)(F)F. The van der Waals surface area contributed by atoms with Gasteiger partial charge in [-0.3, -0.25) is 9.59 Å². The molecule has 1 saturated carbocycles. The van der Waals surface area contributed by atoms with Crippen LogP contribution in [0.15, 0.2) is 53.4 Å². The topological polar surface area (TPSA) is 92.3 Å². The fourth-order valence-electron chi connectivity index (χ4n) is 2.47. The van der Waals surface area contributed by atoms with Crippen molar-refractivity contribution in [2.24, 2.45) is 5.92 Å². The minimum Gasteiger partial charge on any atom is -0.326 e. The lowest BCUT2D eigenvalue weighted by molar-refractivity contribution is -0.138. The summed E-state index contributed by atoms with van der Waals surface area (Å²) < 4.78 is 65.3. The van der Waals surface area contributed by atoms with Crippen LogP contribution in [0.25, 0.3) is 0 Å². The van der Waals surface area contributed by atoms with E-state index in [0.29, 0.717) is 11.8 Å². The molecule has 2 aromatic carbocycles. The third kappa shape index (κ3) is 4.50. The normalized spacial score (nSPS) is 14.4. The number of halogens is 3. The second-order valence-corrected chi connectivity index (χ2v) is 7.95. The Hall–Kier alpha value is -2.88. The molecule has 1 aliphatic rings. The van der Waals surface area contributed by atoms with Crippen molar-refractivity contribution >= 4 is 27.5 Å². The first-order valence-electron chi connectivity index (χ1n) is 8.22. The van der Waals surface area contributed by atoms with Crippen molar-refractivity contribution in [3.05, 3.63) is 59.7 Å². The van der Waals surface area contributed by atoms with E-state index < -0.39 is 33.2 Å². The van der Waals surface area contributed by atoms with Gasteiger partial charge in [0, 0.05) is 11.6 Å². The molecule has 10 heteroatoms. The average molecular weight is 412 g/mol. The van der Waals surface area contributed by atoms with Gasteiger partial charge in [-0.1, -0.05) is 12.1 Å². The van der Waals surface area contributed by atoms with E-state index in [0.717, 1.165) is 37.1 Å². The fourth-order valence-corrected chi connectivity index (χ4v) is 3.44. The summed E-state index contributed by atoms with van der Waals surface area (Å²) in [4.78, 5) is 23.5. The minimum atomic E-state index is -4.81. The van der Waals surface area contributed by atoms with E-state index in [1.54, 1.807) is 4.72 Å². The third-order valence-corrected chi connectivity index (χ3v) is 5.43. The Morgan fingerprint density at radius 2 is 1.57 bits per heavy atom. The van der Waals surface area contributed by atoms with E-state index in [1.807, 2.05) is 0 Å². The van der Waals surface area contributed by atoms with Crippen LogP contribution in [0.5, 0.6) is 0 Å². The van der Waals surface area contributed by atoms with Crippen molar-refractivity contribution < 1.29 is 31.2 Å². The molecule has 0 spiro atoms. The highest BCUT2D eigenvalue weighted by molar-refractivity contribution is 7.90. The Kier molecular flexibility index (Phi) is 5.16. The molecule has 0 heterocycles. The highest BCUT2D eigenvalue weighted by Gasteiger charge is 2.35. The van der Waals surface area contributed by atoms with Gasteiger partial charge in [0.2, 0.25) is 5.91 Å². The number of rotatable bonds is 5. The number of carbonyl (C=O) groups is 2. The van der Waals surface area contributed by atoms with Crippen LogP contribution < -0.4 is 10.0 Å². The first-order chi connectivity index (χ1) is 13.1. The minimum absolute atomic E-state index is 0.0311. The van der Waals surface area contributed by atoms with Gasteiger partial charge in [0.25, 0.3) is 15.9 Å². The predicted molar refractivity (Wildman–Crippen MR) is 93.9 cm³/mol. The molecule has 2 N–H and O–H groups in total. The molecule has 0 radical (unpaired) electrons. The van der Waals surface area contributed by atoms with E-state index in [-0.39, 0.29) is 16.7 Å². The maximum Gasteiger partial charge on any atom is 0.417 e. The van der Waals surface area contributed by atoms with Crippen molar-refractivity contribution in [2.45, 2.75) is 23.9 Å². The number of hydrogen-bond acceptors (Lipinski definition) is 4. The van der Waals surface area contributed by atoms with E-state index in [9.17, 15) is 31.2 Å². The number of carbonyl (C=O) groups excluding carboxylic acids is 2. The summed E-state index contributed by atoms with van der Waals surface area (Å²) in [6.07, 6.45) is -3.19. The number of anilines is 1. The Balaban J connectivity index is 1.76. The molecule has 0 bridgehead atoms. The Labute approximate surface area is 158 Å². The molecule has 6 nitrogen and oxygen atoms in total. The Morgan fingerprint density at radius 3 is 2.14 bits per heavy atom. The number of hydrogen-bond donors (Lipinski definition) is 2. The lowest BCUT2D eigenvalue weighted by atomic mass is 10.1. The molecule has 28 heavy (non-hydrogen) atoms. The summed E-state index contributed by atoms with van der Waals surface area (Å²) >= 11 is 0. The summed E-state index contributed by atoms with van der Waals surface area (Å²) in [5.41, 5.74) is -1.66. The molecule has 2 amide bonds. The zero-order valence-corrected chi connectivity index (χ0v) is 15.1. The molecule has 0 aliphatic heterocycles. The molecule has 0 unspecified atom stereocenters. The van der Waals surface area contributed by atoms with Crippen molar-refractivity contribution in [3.8, 4) is 0 Å². The summed E-state index contributed by atoms with van der Waals surface area (Å²) in [6.45, 7) is 0. The summed E-state index contributed by atoms with van der Waals surface area (Å²) in [5.74, 6) is -1.58.